The normalized spacial score (nSPS) is 15.2. The Labute approximate surface area is 49.8 Å². The zero-order valence-corrected chi connectivity index (χ0v) is 4.40. The number of ketones is 1. The van der Waals surface area contributed by atoms with Crippen LogP contribution in [0.3, 0.4) is 0 Å². The second kappa shape index (κ2) is 2.34. The van der Waals surface area contributed by atoms with E-state index in [-0.39, 0.29) is 0 Å². The Kier molecular flexibility index (Phi) is 2.19. The van der Waals surface area contributed by atoms with Crippen molar-refractivity contribution < 1.29 is 18.0 Å². The molecule has 0 aromatic carbocycles. The molecule has 0 heterocycles. The lowest BCUT2D eigenvalue weighted by Gasteiger charge is -2.05. The first kappa shape index (κ1) is 8.42. The van der Waals surface area contributed by atoms with Gasteiger partial charge in [-0.1, -0.05) is 0 Å². The SMILES string of the molecule is [CH2]C(N)C(=O)C(F)(F)F. The molecule has 1 radical (unpaired) electrons. The first-order chi connectivity index (χ1) is 3.85. The van der Waals surface area contributed by atoms with Gasteiger partial charge in [-0.3, -0.25) is 4.79 Å². The van der Waals surface area contributed by atoms with E-state index in [2.05, 4.69) is 12.7 Å². The summed E-state index contributed by atoms with van der Waals surface area (Å²) in [6.07, 6.45) is -4.85. The summed E-state index contributed by atoms with van der Waals surface area (Å²) in [4.78, 5) is 9.85. The van der Waals surface area contributed by atoms with E-state index < -0.39 is 18.0 Å². The van der Waals surface area contributed by atoms with Gasteiger partial charge in [0.25, 0.3) is 5.78 Å². The fraction of sp³-hybridized carbons (Fsp3) is 0.500. The molecule has 0 aliphatic rings. The predicted molar refractivity (Wildman–Crippen MR) is 24.4 cm³/mol. The zero-order valence-electron chi connectivity index (χ0n) is 4.40. The summed E-state index contributed by atoms with van der Waals surface area (Å²) in [5.74, 6) is -2.00. The van der Waals surface area contributed by atoms with Gasteiger partial charge in [0.05, 0.1) is 6.04 Å². The summed E-state index contributed by atoms with van der Waals surface area (Å²) in [5.41, 5.74) is 4.54. The van der Waals surface area contributed by atoms with E-state index in [9.17, 15) is 18.0 Å². The van der Waals surface area contributed by atoms with E-state index in [1.807, 2.05) is 0 Å². The third-order valence-corrected chi connectivity index (χ3v) is 0.616. The number of alkyl halides is 3. The van der Waals surface area contributed by atoms with E-state index in [1.54, 1.807) is 0 Å². The van der Waals surface area contributed by atoms with E-state index in [0.717, 1.165) is 0 Å². The van der Waals surface area contributed by atoms with Gasteiger partial charge in [-0.05, 0) is 6.92 Å². The highest BCUT2D eigenvalue weighted by atomic mass is 19.4. The maximum absolute atomic E-state index is 11.2. The molecule has 0 fully saturated rings. The summed E-state index contributed by atoms with van der Waals surface area (Å²) in [6.45, 7) is 2.71. The molecule has 1 unspecified atom stereocenters. The molecule has 9 heavy (non-hydrogen) atoms. The Morgan fingerprint density at radius 2 is 1.89 bits per heavy atom. The highest BCUT2D eigenvalue weighted by Crippen LogP contribution is 2.16. The second-order valence-electron chi connectivity index (χ2n) is 1.47. The number of rotatable bonds is 1. The number of hydrogen-bond acceptors (Lipinski definition) is 2. The van der Waals surface area contributed by atoms with Crippen LogP contribution in [0.25, 0.3) is 0 Å². The molecule has 0 saturated carbocycles. The predicted octanol–water partition coefficient (Wildman–Crippen LogP) is 0.279. The second-order valence-corrected chi connectivity index (χ2v) is 1.47. The van der Waals surface area contributed by atoms with Crippen LogP contribution < -0.4 is 5.73 Å². The number of nitrogens with two attached hydrogens (primary N) is 1. The first-order valence-electron chi connectivity index (χ1n) is 2.05. The maximum atomic E-state index is 11.2. The third-order valence-electron chi connectivity index (χ3n) is 0.616. The lowest BCUT2D eigenvalue weighted by atomic mass is 10.2. The van der Waals surface area contributed by atoms with E-state index in [4.69, 9.17) is 0 Å². The molecule has 0 spiro atoms. The Bertz CT molecular complexity index is 117. The molecular formula is C4H5F3NO. The van der Waals surface area contributed by atoms with Crippen LogP contribution in [0, 0.1) is 6.92 Å². The number of hydrogen-bond donors (Lipinski definition) is 1. The molecule has 0 bridgehead atoms. The van der Waals surface area contributed by atoms with Gasteiger partial charge in [-0.25, -0.2) is 0 Å². The van der Waals surface area contributed by atoms with Crippen molar-refractivity contribution in [2.24, 2.45) is 5.73 Å². The van der Waals surface area contributed by atoms with E-state index in [1.165, 1.54) is 0 Å². The maximum Gasteiger partial charge on any atom is 0.451 e. The minimum Gasteiger partial charge on any atom is -0.321 e. The standard InChI is InChI=1S/C4H5F3NO/c1-2(8)3(9)4(5,6)7/h2H,1,8H2. The molecule has 53 valence electrons. The molecule has 2 N–H and O–H groups in total. The van der Waals surface area contributed by atoms with Crippen LogP contribution in [-0.2, 0) is 4.79 Å². The summed E-state index contributed by atoms with van der Waals surface area (Å²) in [5, 5.41) is 0. The average molecular weight is 140 g/mol. The Morgan fingerprint density at radius 3 is 1.89 bits per heavy atom. The molecule has 0 aromatic rings. The van der Waals surface area contributed by atoms with Crippen LogP contribution in [-0.4, -0.2) is 18.0 Å². The number of halogens is 3. The van der Waals surface area contributed by atoms with Gasteiger partial charge in [0.2, 0.25) is 0 Å². The topological polar surface area (TPSA) is 43.1 Å². The van der Waals surface area contributed by atoms with Crippen LogP contribution in [0.4, 0.5) is 13.2 Å². The Hall–Kier alpha value is -0.580. The molecule has 0 aliphatic heterocycles. The van der Waals surface area contributed by atoms with Gasteiger partial charge >= 0.3 is 6.18 Å². The highest BCUT2D eigenvalue weighted by Gasteiger charge is 2.40. The smallest absolute Gasteiger partial charge is 0.321 e. The molecule has 5 heteroatoms. The van der Waals surface area contributed by atoms with Gasteiger partial charge in [0, 0.05) is 0 Å². The largest absolute Gasteiger partial charge is 0.451 e. The fourth-order valence-corrected chi connectivity index (χ4v) is 0.210. The van der Waals surface area contributed by atoms with Gasteiger partial charge in [-0.2, -0.15) is 13.2 Å². The van der Waals surface area contributed by atoms with Gasteiger partial charge < -0.3 is 5.73 Å². The average Bonchev–Trinajstić information content (AvgIpc) is 1.62. The van der Waals surface area contributed by atoms with Crippen molar-refractivity contribution in [1.82, 2.24) is 0 Å². The van der Waals surface area contributed by atoms with Gasteiger partial charge in [0.1, 0.15) is 0 Å². The minimum atomic E-state index is -4.85. The summed E-state index contributed by atoms with van der Waals surface area (Å²) in [7, 11) is 0. The number of carbonyl (C=O) groups excluding carboxylic acids is 1. The third kappa shape index (κ3) is 2.46. The molecular weight excluding hydrogens is 135 g/mol. The summed E-state index contributed by atoms with van der Waals surface area (Å²) < 4.78 is 33.7. The first-order valence-corrected chi connectivity index (χ1v) is 2.05. The lowest BCUT2D eigenvalue weighted by molar-refractivity contribution is -0.171. The molecule has 2 nitrogen and oxygen atoms in total. The molecule has 0 aromatic heterocycles. The van der Waals surface area contributed by atoms with Crippen molar-refractivity contribution in [3.8, 4) is 0 Å². The molecule has 0 aliphatic carbocycles. The summed E-state index contributed by atoms with van der Waals surface area (Å²) in [6, 6.07) is -1.70. The molecule has 1 atom stereocenters. The van der Waals surface area contributed by atoms with Crippen molar-refractivity contribution in [2.75, 3.05) is 0 Å². The van der Waals surface area contributed by atoms with Crippen LogP contribution in [0.1, 0.15) is 0 Å². The van der Waals surface area contributed by atoms with Crippen molar-refractivity contribution >= 4 is 5.78 Å². The van der Waals surface area contributed by atoms with Gasteiger partial charge in [0.15, 0.2) is 0 Å². The molecule has 0 amide bonds. The quantitative estimate of drug-likeness (QED) is 0.568. The molecule has 0 saturated heterocycles. The van der Waals surface area contributed by atoms with Crippen LogP contribution in [0.15, 0.2) is 0 Å². The zero-order chi connectivity index (χ0) is 7.65. The monoisotopic (exact) mass is 140 g/mol. The van der Waals surface area contributed by atoms with Crippen LogP contribution in [0.2, 0.25) is 0 Å². The minimum absolute atomic E-state index is 1.70. The lowest BCUT2D eigenvalue weighted by Crippen LogP contribution is -2.38. The van der Waals surface area contributed by atoms with Crippen molar-refractivity contribution in [2.45, 2.75) is 12.2 Å². The fourth-order valence-electron chi connectivity index (χ4n) is 0.210. The van der Waals surface area contributed by atoms with E-state index in [0.29, 0.717) is 0 Å². The highest BCUT2D eigenvalue weighted by molar-refractivity contribution is 5.89. The van der Waals surface area contributed by atoms with Crippen molar-refractivity contribution in [3.63, 3.8) is 0 Å². The Balaban J connectivity index is 4.06. The summed E-state index contributed by atoms with van der Waals surface area (Å²) >= 11 is 0. The van der Waals surface area contributed by atoms with Crippen molar-refractivity contribution in [3.05, 3.63) is 6.92 Å². The number of carbonyl (C=O) groups is 1. The Morgan fingerprint density at radius 1 is 1.56 bits per heavy atom. The van der Waals surface area contributed by atoms with E-state index >= 15 is 0 Å². The van der Waals surface area contributed by atoms with Crippen LogP contribution in [0.5, 0.6) is 0 Å². The molecule has 0 rings (SSSR count). The van der Waals surface area contributed by atoms with Gasteiger partial charge in [-0.15, -0.1) is 0 Å². The van der Waals surface area contributed by atoms with Crippen LogP contribution >= 0.6 is 0 Å². The number of Topliss-reactive ketones (excluding diaryl/α,β-unsaturated/α-hetero) is 1. The van der Waals surface area contributed by atoms with Crippen molar-refractivity contribution in [1.29, 1.82) is 0 Å².